The first-order valence-electron chi connectivity index (χ1n) is 9.18. The molecule has 2 aromatic carbocycles. The van der Waals surface area contributed by atoms with Crippen molar-refractivity contribution in [1.29, 1.82) is 0 Å². The molecule has 4 nitrogen and oxygen atoms in total. The van der Waals surface area contributed by atoms with Crippen LogP contribution in [0.4, 0.5) is 14.5 Å². The lowest BCUT2D eigenvalue weighted by atomic mass is 10.1. The van der Waals surface area contributed by atoms with E-state index in [1.165, 1.54) is 6.07 Å². The van der Waals surface area contributed by atoms with E-state index in [1.807, 2.05) is 43.3 Å². The van der Waals surface area contributed by atoms with E-state index >= 15 is 0 Å². The Morgan fingerprint density at radius 2 is 1.86 bits per heavy atom. The maximum atomic E-state index is 13.6. The number of carbonyl (C=O) groups is 1. The fourth-order valence-corrected chi connectivity index (χ4v) is 2.80. The van der Waals surface area contributed by atoms with Gasteiger partial charge < -0.3 is 10.6 Å². The Labute approximate surface area is 168 Å². The van der Waals surface area contributed by atoms with Gasteiger partial charge >= 0.3 is 0 Å². The Kier molecular flexibility index (Phi) is 6.68. The number of nitrogens with one attached hydrogen (secondary N) is 2. The Morgan fingerprint density at radius 1 is 1.10 bits per heavy atom. The summed E-state index contributed by atoms with van der Waals surface area (Å²) in [4.78, 5) is 16.2. The van der Waals surface area contributed by atoms with Crippen LogP contribution in [-0.2, 0) is 11.3 Å². The second kappa shape index (κ2) is 9.59. The number of pyridine rings is 1. The molecule has 0 radical (unpaired) electrons. The van der Waals surface area contributed by atoms with E-state index in [2.05, 4.69) is 15.6 Å². The molecule has 0 saturated heterocycles. The van der Waals surface area contributed by atoms with Crippen LogP contribution < -0.4 is 10.6 Å². The molecule has 148 valence electrons. The molecule has 6 heteroatoms. The van der Waals surface area contributed by atoms with Gasteiger partial charge in [0, 0.05) is 36.3 Å². The zero-order valence-corrected chi connectivity index (χ0v) is 15.9. The maximum Gasteiger partial charge on any atom is 0.244 e. The number of amides is 1. The quantitative estimate of drug-likeness (QED) is 0.564. The normalized spacial score (nSPS) is 12.0. The standard InChI is InChI=1S/C23H21F2N3O/c1-16(28-23(29)11-10-20-21(24)8-3-9-22(20)25)18-6-2-7-19(13-18)27-15-17-5-4-12-26-14-17/h2-14,16,27H,15H2,1H3,(H,28,29)/b11-10-/t16-/m0/s1. The zero-order valence-electron chi connectivity index (χ0n) is 15.9. The number of hydrogen-bond acceptors (Lipinski definition) is 3. The minimum absolute atomic E-state index is 0.239. The summed E-state index contributed by atoms with van der Waals surface area (Å²) in [7, 11) is 0. The van der Waals surface area contributed by atoms with Crippen molar-refractivity contribution in [2.75, 3.05) is 5.32 Å². The smallest absolute Gasteiger partial charge is 0.244 e. The van der Waals surface area contributed by atoms with E-state index in [9.17, 15) is 13.6 Å². The van der Waals surface area contributed by atoms with Crippen molar-refractivity contribution < 1.29 is 13.6 Å². The molecule has 3 rings (SSSR count). The summed E-state index contributed by atoms with van der Waals surface area (Å²) in [6, 6.07) is 14.8. The van der Waals surface area contributed by atoms with Gasteiger partial charge in [-0.15, -0.1) is 0 Å². The first kappa shape index (κ1) is 20.2. The molecule has 1 atom stereocenters. The molecule has 1 heterocycles. The van der Waals surface area contributed by atoms with Crippen LogP contribution in [0, 0.1) is 11.6 Å². The lowest BCUT2D eigenvalue weighted by Gasteiger charge is -2.15. The maximum absolute atomic E-state index is 13.6. The van der Waals surface area contributed by atoms with Crippen LogP contribution in [0.3, 0.4) is 0 Å². The zero-order chi connectivity index (χ0) is 20.6. The van der Waals surface area contributed by atoms with Gasteiger partial charge in [-0.3, -0.25) is 9.78 Å². The number of aromatic nitrogens is 1. The largest absolute Gasteiger partial charge is 0.381 e. The summed E-state index contributed by atoms with van der Waals surface area (Å²) in [5, 5.41) is 6.12. The van der Waals surface area contributed by atoms with Gasteiger partial charge in [-0.2, -0.15) is 0 Å². The third kappa shape index (κ3) is 5.72. The Hall–Kier alpha value is -3.54. The van der Waals surface area contributed by atoms with Crippen molar-refractivity contribution in [3.05, 3.63) is 101 Å². The van der Waals surface area contributed by atoms with E-state index in [0.29, 0.717) is 6.54 Å². The molecule has 0 bridgehead atoms. The first-order chi connectivity index (χ1) is 14.0. The number of anilines is 1. The van der Waals surface area contributed by atoms with E-state index in [4.69, 9.17) is 0 Å². The number of carbonyl (C=O) groups excluding carboxylic acids is 1. The van der Waals surface area contributed by atoms with E-state index in [1.54, 1.807) is 12.4 Å². The molecule has 0 unspecified atom stereocenters. The predicted octanol–water partition coefficient (Wildman–Crippen LogP) is 4.86. The number of rotatable bonds is 7. The van der Waals surface area contributed by atoms with Gasteiger partial charge in [0.2, 0.25) is 5.91 Å². The lowest BCUT2D eigenvalue weighted by molar-refractivity contribution is -0.117. The molecule has 0 aliphatic heterocycles. The summed E-state index contributed by atoms with van der Waals surface area (Å²) < 4.78 is 27.3. The van der Waals surface area contributed by atoms with Crippen LogP contribution in [-0.4, -0.2) is 10.9 Å². The van der Waals surface area contributed by atoms with Crippen molar-refractivity contribution in [3.63, 3.8) is 0 Å². The fourth-order valence-electron chi connectivity index (χ4n) is 2.80. The third-order valence-corrected chi connectivity index (χ3v) is 4.37. The molecule has 3 aromatic rings. The van der Waals surface area contributed by atoms with E-state index in [0.717, 1.165) is 41.1 Å². The average Bonchev–Trinajstić information content (AvgIpc) is 2.73. The summed E-state index contributed by atoms with van der Waals surface area (Å²) in [5.74, 6) is -1.86. The second-order valence-electron chi connectivity index (χ2n) is 6.54. The molecule has 0 fully saturated rings. The Balaban J connectivity index is 1.60. The molecule has 0 spiro atoms. The Bertz CT molecular complexity index is 986. The van der Waals surface area contributed by atoms with Crippen molar-refractivity contribution in [3.8, 4) is 0 Å². The van der Waals surface area contributed by atoms with Crippen LogP contribution in [0.2, 0.25) is 0 Å². The highest BCUT2D eigenvalue weighted by atomic mass is 19.1. The van der Waals surface area contributed by atoms with Crippen LogP contribution in [0.25, 0.3) is 6.08 Å². The molecule has 0 aliphatic carbocycles. The number of hydrogen-bond donors (Lipinski definition) is 2. The number of nitrogens with zero attached hydrogens (tertiary/aromatic N) is 1. The summed E-state index contributed by atoms with van der Waals surface area (Å²) in [5.41, 5.74) is 2.64. The monoisotopic (exact) mass is 393 g/mol. The average molecular weight is 393 g/mol. The lowest BCUT2D eigenvalue weighted by Crippen LogP contribution is -2.24. The minimum Gasteiger partial charge on any atom is -0.381 e. The van der Waals surface area contributed by atoms with E-state index < -0.39 is 17.5 Å². The molecule has 0 aliphatic rings. The molecule has 0 saturated carbocycles. The number of halogens is 2. The molecule has 1 amide bonds. The van der Waals surface area contributed by atoms with Crippen LogP contribution in [0.5, 0.6) is 0 Å². The minimum atomic E-state index is -0.713. The van der Waals surface area contributed by atoms with Gasteiger partial charge in [-0.05, 0) is 54.5 Å². The summed E-state index contributed by atoms with van der Waals surface area (Å²) in [6.07, 6.45) is 5.79. The van der Waals surface area contributed by atoms with Crippen molar-refractivity contribution in [1.82, 2.24) is 10.3 Å². The van der Waals surface area contributed by atoms with Crippen LogP contribution in [0.15, 0.2) is 73.1 Å². The number of benzene rings is 2. The highest BCUT2D eigenvalue weighted by Gasteiger charge is 2.10. The van der Waals surface area contributed by atoms with Crippen LogP contribution >= 0.6 is 0 Å². The SMILES string of the molecule is C[C@H](NC(=O)/C=C\c1c(F)cccc1F)c1cccc(NCc2cccnc2)c1. The predicted molar refractivity (Wildman–Crippen MR) is 110 cm³/mol. The topological polar surface area (TPSA) is 54.0 Å². The molecule has 1 aromatic heterocycles. The van der Waals surface area contributed by atoms with Gasteiger partial charge in [-0.1, -0.05) is 24.3 Å². The summed E-state index contributed by atoms with van der Waals surface area (Å²) in [6.45, 7) is 2.48. The van der Waals surface area contributed by atoms with E-state index in [-0.39, 0.29) is 11.6 Å². The van der Waals surface area contributed by atoms with Crippen molar-refractivity contribution in [2.24, 2.45) is 0 Å². The van der Waals surface area contributed by atoms with Gasteiger partial charge in [0.05, 0.1) is 6.04 Å². The Morgan fingerprint density at radius 3 is 2.59 bits per heavy atom. The molecular weight excluding hydrogens is 372 g/mol. The fraction of sp³-hybridized carbons (Fsp3) is 0.130. The first-order valence-corrected chi connectivity index (χ1v) is 9.18. The van der Waals surface area contributed by atoms with Gasteiger partial charge in [0.1, 0.15) is 11.6 Å². The van der Waals surface area contributed by atoms with Gasteiger partial charge in [0.25, 0.3) is 0 Å². The summed E-state index contributed by atoms with van der Waals surface area (Å²) >= 11 is 0. The third-order valence-electron chi connectivity index (χ3n) is 4.37. The van der Waals surface area contributed by atoms with Crippen molar-refractivity contribution >= 4 is 17.7 Å². The second-order valence-corrected chi connectivity index (χ2v) is 6.54. The highest BCUT2D eigenvalue weighted by Crippen LogP contribution is 2.18. The molecule has 29 heavy (non-hydrogen) atoms. The van der Waals surface area contributed by atoms with Crippen molar-refractivity contribution in [2.45, 2.75) is 19.5 Å². The van der Waals surface area contributed by atoms with Gasteiger partial charge in [0.15, 0.2) is 0 Å². The molecular formula is C23H21F2N3O. The highest BCUT2D eigenvalue weighted by molar-refractivity contribution is 5.92. The molecule has 2 N–H and O–H groups in total. The van der Waals surface area contributed by atoms with Crippen LogP contribution in [0.1, 0.15) is 29.7 Å². The van der Waals surface area contributed by atoms with Gasteiger partial charge in [-0.25, -0.2) is 8.78 Å².